The van der Waals surface area contributed by atoms with Crippen LogP contribution >= 0.6 is 0 Å². The Hall–Kier alpha value is -3.32. The Kier molecular flexibility index (Phi) is 8.11. The molecule has 0 aliphatic rings. The van der Waals surface area contributed by atoms with E-state index in [-0.39, 0.29) is 23.0 Å². The molecule has 0 aliphatic heterocycles. The van der Waals surface area contributed by atoms with E-state index in [9.17, 15) is 8.78 Å². The predicted octanol–water partition coefficient (Wildman–Crippen LogP) is 7.66. The third-order valence-corrected chi connectivity index (χ3v) is 6.09. The molecule has 4 heteroatoms. The van der Waals surface area contributed by atoms with Crippen molar-refractivity contribution in [2.45, 2.75) is 45.4 Å². The van der Waals surface area contributed by atoms with Gasteiger partial charge in [0.2, 0.25) is 0 Å². The molecule has 1 unspecified atom stereocenters. The first kappa shape index (κ1) is 24.3. The van der Waals surface area contributed by atoms with Crippen LogP contribution in [-0.4, -0.2) is 6.61 Å². The zero-order valence-electron chi connectivity index (χ0n) is 19.5. The van der Waals surface area contributed by atoms with E-state index in [1.165, 1.54) is 23.8 Å². The van der Waals surface area contributed by atoms with Gasteiger partial charge in [0.15, 0.2) is 0 Å². The molecule has 0 bridgehead atoms. The second kappa shape index (κ2) is 11.0. The summed E-state index contributed by atoms with van der Waals surface area (Å²) < 4.78 is 33.0. The van der Waals surface area contributed by atoms with Crippen LogP contribution in [0, 0.1) is 29.9 Å². The van der Waals surface area contributed by atoms with Crippen molar-refractivity contribution < 1.29 is 13.5 Å². The maximum Gasteiger partial charge on any atom is 0.146 e. The zero-order chi connectivity index (χ0) is 23.8. The number of hydrogen-bond acceptors (Lipinski definition) is 2. The van der Waals surface area contributed by atoms with Gasteiger partial charge in [0, 0.05) is 17.0 Å². The van der Waals surface area contributed by atoms with E-state index in [0.717, 1.165) is 30.6 Å². The van der Waals surface area contributed by atoms with Crippen molar-refractivity contribution in [3.8, 4) is 18.1 Å². The summed E-state index contributed by atoms with van der Waals surface area (Å²) in [5.74, 6) is 3.24. The van der Waals surface area contributed by atoms with E-state index < -0.39 is 0 Å². The second-order valence-corrected chi connectivity index (χ2v) is 8.74. The molecule has 33 heavy (non-hydrogen) atoms. The highest BCUT2D eigenvalue weighted by Gasteiger charge is 2.29. The number of nitrogens with one attached hydrogen (secondary N) is 1. The average molecular weight is 448 g/mol. The monoisotopic (exact) mass is 447 g/mol. The normalized spacial score (nSPS) is 12.1. The Bertz CT molecular complexity index is 1080. The molecule has 3 aromatic rings. The molecule has 2 nitrogen and oxygen atoms in total. The van der Waals surface area contributed by atoms with Gasteiger partial charge in [-0.05, 0) is 85.8 Å². The minimum Gasteiger partial charge on any atom is -0.494 e. The number of hydrogen-bond donors (Lipinski definition) is 1. The van der Waals surface area contributed by atoms with Crippen molar-refractivity contribution >= 4 is 11.4 Å². The third-order valence-electron chi connectivity index (χ3n) is 6.09. The van der Waals surface area contributed by atoms with Crippen LogP contribution < -0.4 is 10.1 Å². The van der Waals surface area contributed by atoms with Gasteiger partial charge in [-0.3, -0.25) is 0 Å². The standard InChI is InChI=1S/C29H31F2NO/c1-5-22(29(3,4)23-11-17-26(18-12-23)33-6-2)9-7-8-21-10-19-27(31)28(20-21)32-25-15-13-24(30)14-16-25/h1,10-20,22,32H,6-9H2,2-4H3. The van der Waals surface area contributed by atoms with E-state index >= 15 is 0 Å². The van der Waals surface area contributed by atoms with Gasteiger partial charge < -0.3 is 10.1 Å². The van der Waals surface area contributed by atoms with Crippen LogP contribution in [0.1, 0.15) is 44.7 Å². The molecule has 1 N–H and O–H groups in total. The van der Waals surface area contributed by atoms with E-state index in [1.54, 1.807) is 24.3 Å². The Morgan fingerprint density at radius 3 is 2.33 bits per heavy atom. The molecule has 0 radical (unpaired) electrons. The minimum absolute atomic E-state index is 0.0627. The molecule has 0 saturated heterocycles. The fraction of sp³-hybridized carbons (Fsp3) is 0.310. The first-order chi connectivity index (χ1) is 15.8. The highest BCUT2D eigenvalue weighted by molar-refractivity contribution is 5.60. The first-order valence-corrected chi connectivity index (χ1v) is 11.3. The van der Waals surface area contributed by atoms with E-state index in [1.807, 2.05) is 19.1 Å². The summed E-state index contributed by atoms with van der Waals surface area (Å²) in [5, 5.41) is 3.03. The summed E-state index contributed by atoms with van der Waals surface area (Å²) in [7, 11) is 0. The zero-order valence-corrected chi connectivity index (χ0v) is 19.5. The largest absolute Gasteiger partial charge is 0.494 e. The van der Waals surface area contributed by atoms with Gasteiger partial charge in [0.05, 0.1) is 12.3 Å². The number of anilines is 2. The molecule has 0 aromatic heterocycles. The van der Waals surface area contributed by atoms with Crippen LogP contribution in [0.15, 0.2) is 66.7 Å². The van der Waals surface area contributed by atoms with E-state index in [2.05, 4.69) is 37.2 Å². The van der Waals surface area contributed by atoms with Crippen LogP contribution in [0.25, 0.3) is 0 Å². The van der Waals surface area contributed by atoms with Crippen molar-refractivity contribution in [2.75, 3.05) is 11.9 Å². The van der Waals surface area contributed by atoms with Gasteiger partial charge in [-0.25, -0.2) is 8.78 Å². The summed E-state index contributed by atoms with van der Waals surface area (Å²) in [4.78, 5) is 0. The van der Waals surface area contributed by atoms with Crippen LogP contribution in [0.5, 0.6) is 5.75 Å². The molecular weight excluding hydrogens is 416 g/mol. The molecule has 0 spiro atoms. The van der Waals surface area contributed by atoms with Crippen molar-refractivity contribution in [3.05, 3.63) is 89.5 Å². The Labute approximate surface area is 196 Å². The molecule has 0 heterocycles. The summed E-state index contributed by atoms with van der Waals surface area (Å²) in [6.07, 6.45) is 8.46. The maximum atomic E-state index is 14.3. The number of aryl methyl sites for hydroxylation is 1. The van der Waals surface area contributed by atoms with Crippen LogP contribution in [0.4, 0.5) is 20.2 Å². The molecule has 1 atom stereocenters. The Morgan fingerprint density at radius 1 is 1.00 bits per heavy atom. The summed E-state index contributed by atoms with van der Waals surface area (Å²) >= 11 is 0. The van der Waals surface area contributed by atoms with Gasteiger partial charge in [-0.1, -0.05) is 32.0 Å². The van der Waals surface area contributed by atoms with Crippen molar-refractivity contribution in [1.29, 1.82) is 0 Å². The molecule has 172 valence electrons. The first-order valence-electron chi connectivity index (χ1n) is 11.3. The van der Waals surface area contributed by atoms with Gasteiger partial charge in [0.25, 0.3) is 0 Å². The van der Waals surface area contributed by atoms with Crippen molar-refractivity contribution in [2.24, 2.45) is 5.92 Å². The maximum absolute atomic E-state index is 14.3. The van der Waals surface area contributed by atoms with Gasteiger partial charge in [-0.15, -0.1) is 12.3 Å². The summed E-state index contributed by atoms with van der Waals surface area (Å²) in [6, 6.07) is 19.1. The van der Waals surface area contributed by atoms with E-state index in [4.69, 9.17) is 11.2 Å². The lowest BCUT2D eigenvalue weighted by Crippen LogP contribution is -2.27. The Morgan fingerprint density at radius 2 is 1.70 bits per heavy atom. The molecule has 3 aromatic carbocycles. The molecule has 3 rings (SSSR count). The summed E-state index contributed by atoms with van der Waals surface area (Å²) in [5.41, 5.74) is 3.04. The molecule has 0 aliphatic carbocycles. The predicted molar refractivity (Wildman–Crippen MR) is 132 cm³/mol. The fourth-order valence-corrected chi connectivity index (χ4v) is 4.02. The molecule has 0 fully saturated rings. The van der Waals surface area contributed by atoms with Crippen molar-refractivity contribution in [1.82, 2.24) is 0 Å². The molecule has 0 saturated carbocycles. The number of benzene rings is 3. The molecular formula is C29H31F2NO. The van der Waals surface area contributed by atoms with Crippen LogP contribution in [-0.2, 0) is 11.8 Å². The third kappa shape index (κ3) is 6.35. The summed E-state index contributed by atoms with van der Waals surface area (Å²) in [6.45, 7) is 6.96. The number of terminal acetylenes is 1. The highest BCUT2D eigenvalue weighted by atomic mass is 19.1. The fourth-order valence-electron chi connectivity index (χ4n) is 4.02. The SMILES string of the molecule is C#CC(CCCc1ccc(F)c(Nc2ccc(F)cc2)c1)C(C)(C)c1ccc(OCC)cc1. The van der Waals surface area contributed by atoms with Crippen molar-refractivity contribution in [3.63, 3.8) is 0 Å². The minimum atomic E-state index is -0.346. The molecule has 0 amide bonds. The van der Waals surface area contributed by atoms with Gasteiger partial charge in [0.1, 0.15) is 17.4 Å². The smallest absolute Gasteiger partial charge is 0.146 e. The number of rotatable bonds is 10. The van der Waals surface area contributed by atoms with Gasteiger partial charge >= 0.3 is 0 Å². The lowest BCUT2D eigenvalue weighted by Gasteiger charge is -2.32. The second-order valence-electron chi connectivity index (χ2n) is 8.74. The lowest BCUT2D eigenvalue weighted by atomic mass is 9.71. The lowest BCUT2D eigenvalue weighted by molar-refractivity contribution is 0.338. The van der Waals surface area contributed by atoms with Crippen LogP contribution in [0.3, 0.4) is 0 Å². The average Bonchev–Trinajstić information content (AvgIpc) is 2.80. The van der Waals surface area contributed by atoms with E-state index in [0.29, 0.717) is 18.0 Å². The number of halogens is 2. The topological polar surface area (TPSA) is 21.3 Å². The van der Waals surface area contributed by atoms with Gasteiger partial charge in [-0.2, -0.15) is 0 Å². The number of ether oxygens (including phenoxy) is 1. The Balaban J connectivity index is 1.63. The highest BCUT2D eigenvalue weighted by Crippen LogP contribution is 2.35. The quantitative estimate of drug-likeness (QED) is 0.322. The van der Waals surface area contributed by atoms with Crippen LogP contribution in [0.2, 0.25) is 0 Å².